The number of aryl methyl sites for hydroxylation is 1. The van der Waals surface area contributed by atoms with Gasteiger partial charge in [0, 0.05) is 23.8 Å². The van der Waals surface area contributed by atoms with Crippen molar-refractivity contribution in [2.24, 2.45) is 12.0 Å². The maximum atomic E-state index is 12.4. The zero-order chi connectivity index (χ0) is 18.2. The Balaban J connectivity index is 2.01. The summed E-state index contributed by atoms with van der Waals surface area (Å²) in [5, 5.41) is 0. The van der Waals surface area contributed by atoms with Gasteiger partial charge in [0.2, 0.25) is 0 Å². The van der Waals surface area contributed by atoms with Crippen molar-refractivity contribution in [2.75, 3.05) is 12.5 Å². The third-order valence-electron chi connectivity index (χ3n) is 3.74. The molecule has 3 rings (SSSR count). The minimum absolute atomic E-state index is 0.182. The third-order valence-corrected chi connectivity index (χ3v) is 6.69. The van der Waals surface area contributed by atoms with Gasteiger partial charge in [0.15, 0.2) is 14.6 Å². The first-order valence-corrected chi connectivity index (χ1v) is 11.3. The van der Waals surface area contributed by atoms with Crippen molar-refractivity contribution in [1.29, 1.82) is 0 Å². The molecule has 5 nitrogen and oxygen atoms in total. The van der Waals surface area contributed by atoms with Crippen molar-refractivity contribution >= 4 is 49.1 Å². The lowest BCUT2D eigenvalue weighted by Crippen LogP contribution is -2.13. The van der Waals surface area contributed by atoms with Gasteiger partial charge in [-0.3, -0.25) is 4.79 Å². The van der Waals surface area contributed by atoms with Crippen LogP contribution in [0.1, 0.15) is 10.4 Å². The van der Waals surface area contributed by atoms with E-state index in [0.717, 1.165) is 21.4 Å². The van der Waals surface area contributed by atoms with Gasteiger partial charge in [0.05, 0.1) is 15.1 Å². The number of carbonyl (C=O) groups excluding carboxylic acids is 1. The van der Waals surface area contributed by atoms with E-state index in [1.807, 2.05) is 30.0 Å². The fourth-order valence-electron chi connectivity index (χ4n) is 2.34. The summed E-state index contributed by atoms with van der Waals surface area (Å²) in [7, 11) is -1.41. The molecule has 25 heavy (non-hydrogen) atoms. The van der Waals surface area contributed by atoms with Crippen LogP contribution in [-0.4, -0.2) is 31.4 Å². The molecule has 0 spiro atoms. The highest BCUT2D eigenvalue weighted by atomic mass is 32.2. The second kappa shape index (κ2) is 6.78. The molecule has 0 atom stereocenters. The lowest BCUT2D eigenvalue weighted by Gasteiger charge is -1.99. The molecule has 2 aromatic carbocycles. The number of thiazole rings is 1. The Morgan fingerprint density at radius 3 is 2.44 bits per heavy atom. The summed E-state index contributed by atoms with van der Waals surface area (Å²) in [5.74, 6) is -0.396. The quantitative estimate of drug-likeness (QED) is 0.642. The molecule has 8 heteroatoms. The molecule has 1 heterocycles. The number of benzene rings is 2. The summed E-state index contributed by atoms with van der Waals surface area (Å²) < 4.78 is 25.9. The summed E-state index contributed by atoms with van der Waals surface area (Å²) in [6, 6.07) is 12.0. The first kappa shape index (κ1) is 17.9. The zero-order valence-corrected chi connectivity index (χ0v) is 16.3. The largest absolute Gasteiger partial charge is 0.319 e. The van der Waals surface area contributed by atoms with Crippen molar-refractivity contribution < 1.29 is 13.2 Å². The summed E-state index contributed by atoms with van der Waals surface area (Å²) in [4.78, 5) is 18.5. The van der Waals surface area contributed by atoms with Crippen LogP contribution in [0.25, 0.3) is 10.2 Å². The highest BCUT2D eigenvalue weighted by Gasteiger charge is 2.10. The number of hydrogen-bond acceptors (Lipinski definition) is 5. The molecule has 0 aliphatic heterocycles. The van der Waals surface area contributed by atoms with E-state index in [2.05, 4.69) is 11.1 Å². The van der Waals surface area contributed by atoms with Gasteiger partial charge >= 0.3 is 0 Å². The van der Waals surface area contributed by atoms with Gasteiger partial charge in [-0.25, -0.2) is 8.42 Å². The molecule has 0 unspecified atom stereocenters. The molecular formula is C17H16N2O3S3. The van der Waals surface area contributed by atoms with Gasteiger partial charge in [-0.15, -0.1) is 11.8 Å². The number of nitrogens with zero attached hydrogens (tertiary/aromatic N) is 2. The highest BCUT2D eigenvalue weighted by molar-refractivity contribution is 7.98. The van der Waals surface area contributed by atoms with E-state index in [-0.39, 0.29) is 4.90 Å². The first-order valence-electron chi connectivity index (χ1n) is 7.32. The number of amides is 1. The van der Waals surface area contributed by atoms with Crippen molar-refractivity contribution in [3.63, 3.8) is 0 Å². The standard InChI is InChI=1S/C17H16N2O3S3/c1-19-14-9-6-12(23-2)10-15(14)24-17(19)18-16(20)11-4-7-13(8-5-11)25(3,21)22/h4-10H,1-3H3. The van der Waals surface area contributed by atoms with Gasteiger partial charge in [-0.2, -0.15) is 4.99 Å². The van der Waals surface area contributed by atoms with Crippen LogP contribution in [0.2, 0.25) is 0 Å². The van der Waals surface area contributed by atoms with E-state index < -0.39 is 15.7 Å². The van der Waals surface area contributed by atoms with Crippen LogP contribution in [-0.2, 0) is 16.9 Å². The average Bonchev–Trinajstić information content (AvgIpc) is 2.89. The molecule has 0 radical (unpaired) electrons. The SMILES string of the molecule is CSc1ccc2c(c1)sc(=NC(=O)c1ccc(S(C)(=O)=O)cc1)n2C. The predicted octanol–water partition coefficient (Wildman–Crippen LogP) is 3.11. The molecule has 1 aromatic heterocycles. The Labute approximate surface area is 154 Å². The lowest BCUT2D eigenvalue weighted by molar-refractivity contribution is 0.0998. The number of carbonyl (C=O) groups is 1. The maximum Gasteiger partial charge on any atom is 0.279 e. The lowest BCUT2D eigenvalue weighted by atomic mass is 10.2. The first-order chi connectivity index (χ1) is 11.8. The molecule has 0 N–H and O–H groups in total. The molecule has 0 aliphatic rings. The van der Waals surface area contributed by atoms with Crippen molar-refractivity contribution in [3.05, 3.63) is 52.8 Å². The normalized spacial score (nSPS) is 12.7. The molecule has 0 fully saturated rings. The molecule has 0 aliphatic carbocycles. The molecule has 1 amide bonds. The number of fused-ring (bicyclic) bond motifs is 1. The second-order valence-electron chi connectivity index (χ2n) is 5.49. The number of sulfone groups is 1. The van der Waals surface area contributed by atoms with Crippen molar-refractivity contribution in [1.82, 2.24) is 4.57 Å². The minimum atomic E-state index is -3.28. The number of aromatic nitrogens is 1. The van der Waals surface area contributed by atoms with E-state index in [1.54, 1.807) is 11.8 Å². The topological polar surface area (TPSA) is 68.5 Å². The fraction of sp³-hybridized carbons (Fsp3) is 0.176. The predicted molar refractivity (Wildman–Crippen MR) is 102 cm³/mol. The number of hydrogen-bond donors (Lipinski definition) is 0. The Hall–Kier alpha value is -1.90. The Bertz CT molecular complexity index is 1120. The van der Waals surface area contributed by atoms with Crippen LogP contribution in [0.15, 0.2) is 57.2 Å². The minimum Gasteiger partial charge on any atom is -0.319 e. The van der Waals surface area contributed by atoms with E-state index >= 15 is 0 Å². The van der Waals surface area contributed by atoms with E-state index in [4.69, 9.17) is 0 Å². The van der Waals surface area contributed by atoms with Crippen LogP contribution in [0, 0.1) is 0 Å². The smallest absolute Gasteiger partial charge is 0.279 e. The molecule has 130 valence electrons. The molecular weight excluding hydrogens is 376 g/mol. The second-order valence-corrected chi connectivity index (χ2v) is 9.40. The van der Waals surface area contributed by atoms with Gasteiger partial charge in [0.25, 0.3) is 5.91 Å². The maximum absolute atomic E-state index is 12.4. The van der Waals surface area contributed by atoms with Crippen LogP contribution in [0.4, 0.5) is 0 Å². The fourth-order valence-corrected chi connectivity index (χ4v) is 4.54. The monoisotopic (exact) mass is 392 g/mol. The molecule has 0 saturated carbocycles. The summed E-state index contributed by atoms with van der Waals surface area (Å²) in [6.45, 7) is 0. The average molecular weight is 393 g/mol. The Kier molecular flexibility index (Phi) is 4.86. The van der Waals surface area contributed by atoms with Crippen LogP contribution in [0.3, 0.4) is 0 Å². The summed E-state index contributed by atoms with van der Waals surface area (Å²) in [6.07, 6.45) is 3.15. The van der Waals surface area contributed by atoms with E-state index in [0.29, 0.717) is 10.4 Å². The van der Waals surface area contributed by atoms with Crippen LogP contribution in [0.5, 0.6) is 0 Å². The highest BCUT2D eigenvalue weighted by Crippen LogP contribution is 2.23. The van der Waals surface area contributed by atoms with Crippen molar-refractivity contribution in [3.8, 4) is 0 Å². The Morgan fingerprint density at radius 2 is 1.84 bits per heavy atom. The Morgan fingerprint density at radius 1 is 1.16 bits per heavy atom. The van der Waals surface area contributed by atoms with Gasteiger partial charge < -0.3 is 4.57 Å². The third kappa shape index (κ3) is 3.70. The van der Waals surface area contributed by atoms with Crippen molar-refractivity contribution in [2.45, 2.75) is 9.79 Å². The number of thioether (sulfide) groups is 1. The van der Waals surface area contributed by atoms with E-state index in [9.17, 15) is 13.2 Å². The molecule has 3 aromatic rings. The van der Waals surface area contributed by atoms with Gasteiger partial charge in [-0.05, 0) is 48.7 Å². The molecule has 0 bridgehead atoms. The van der Waals surface area contributed by atoms with Gasteiger partial charge in [0.1, 0.15) is 0 Å². The van der Waals surface area contributed by atoms with Crippen LogP contribution >= 0.6 is 23.1 Å². The van der Waals surface area contributed by atoms with Gasteiger partial charge in [-0.1, -0.05) is 11.3 Å². The summed E-state index contributed by atoms with van der Waals surface area (Å²) >= 11 is 3.11. The zero-order valence-electron chi connectivity index (χ0n) is 13.9. The number of rotatable bonds is 3. The molecule has 0 saturated heterocycles. The van der Waals surface area contributed by atoms with Crippen LogP contribution < -0.4 is 4.80 Å². The summed E-state index contributed by atoms with van der Waals surface area (Å²) in [5.41, 5.74) is 1.37. The van der Waals surface area contributed by atoms with E-state index in [1.165, 1.54) is 35.6 Å².